The monoisotopic (exact) mass is 371 g/mol. The van der Waals surface area contributed by atoms with E-state index in [0.717, 1.165) is 44.8 Å². The van der Waals surface area contributed by atoms with E-state index in [0.29, 0.717) is 12.2 Å². The Bertz CT molecular complexity index is 747. The van der Waals surface area contributed by atoms with Gasteiger partial charge in [0.15, 0.2) is 6.61 Å². The molecule has 3 fully saturated rings. The smallest absolute Gasteiger partial charge is 0.260 e. The number of hydrogen-bond acceptors (Lipinski definition) is 4. The Morgan fingerprint density at radius 3 is 2.48 bits per heavy atom. The predicted molar refractivity (Wildman–Crippen MR) is 104 cm³/mol. The van der Waals surface area contributed by atoms with E-state index in [1.165, 1.54) is 0 Å². The van der Waals surface area contributed by atoms with Gasteiger partial charge in [-0.05, 0) is 25.6 Å². The molecule has 2 atom stereocenters. The zero-order chi connectivity index (χ0) is 19.2. The van der Waals surface area contributed by atoms with E-state index in [-0.39, 0.29) is 29.3 Å². The number of carbonyl (C=O) groups excluding carboxylic acids is 2. The van der Waals surface area contributed by atoms with Crippen molar-refractivity contribution in [3.8, 4) is 5.75 Å². The first-order valence-electron chi connectivity index (χ1n) is 9.79. The van der Waals surface area contributed by atoms with E-state index in [9.17, 15) is 9.59 Å². The molecule has 146 valence electrons. The lowest BCUT2D eigenvalue weighted by Gasteiger charge is -2.30. The second kappa shape index (κ2) is 6.51. The summed E-state index contributed by atoms with van der Waals surface area (Å²) in [5, 5.41) is 0. The van der Waals surface area contributed by atoms with Crippen molar-refractivity contribution in [1.82, 2.24) is 9.80 Å². The maximum atomic E-state index is 12.7. The Morgan fingerprint density at radius 2 is 1.85 bits per heavy atom. The van der Waals surface area contributed by atoms with Crippen LogP contribution in [0.2, 0.25) is 0 Å². The van der Waals surface area contributed by atoms with Crippen LogP contribution in [0.4, 0.5) is 5.69 Å². The highest BCUT2D eigenvalue weighted by Crippen LogP contribution is 2.50. The molecule has 0 N–H and O–H groups in total. The number of likely N-dealkylation sites (tertiary alicyclic amines) is 2. The molecular formula is C21H29N3O3. The molecule has 4 rings (SSSR count). The molecule has 0 spiro atoms. The van der Waals surface area contributed by atoms with E-state index in [1.54, 1.807) is 4.90 Å². The van der Waals surface area contributed by atoms with Crippen LogP contribution in [0.25, 0.3) is 0 Å². The number of nitrogens with zero attached hydrogens (tertiary/aromatic N) is 3. The van der Waals surface area contributed by atoms with Crippen molar-refractivity contribution in [2.75, 3.05) is 51.3 Å². The summed E-state index contributed by atoms with van der Waals surface area (Å²) in [7, 11) is 2.15. The highest BCUT2D eigenvalue weighted by Gasteiger charge is 2.57. The second-order valence-electron chi connectivity index (χ2n) is 8.98. The van der Waals surface area contributed by atoms with E-state index in [4.69, 9.17) is 4.74 Å². The van der Waals surface area contributed by atoms with Gasteiger partial charge in [-0.3, -0.25) is 9.59 Å². The number of ether oxygens (including phenoxy) is 1. The van der Waals surface area contributed by atoms with Crippen molar-refractivity contribution in [3.05, 3.63) is 24.3 Å². The first kappa shape index (κ1) is 18.3. The number of amides is 2. The minimum Gasteiger partial charge on any atom is -0.484 e. The summed E-state index contributed by atoms with van der Waals surface area (Å²) < 4.78 is 5.79. The summed E-state index contributed by atoms with van der Waals surface area (Å²) >= 11 is 0. The third-order valence-electron chi connectivity index (χ3n) is 6.69. The van der Waals surface area contributed by atoms with Gasteiger partial charge >= 0.3 is 0 Å². The molecule has 0 radical (unpaired) electrons. The maximum absolute atomic E-state index is 12.7. The minimum absolute atomic E-state index is 0.0390. The molecular weight excluding hydrogens is 342 g/mol. The summed E-state index contributed by atoms with van der Waals surface area (Å²) in [6.07, 6.45) is 1.50. The Morgan fingerprint density at radius 1 is 1.15 bits per heavy atom. The molecule has 2 unspecified atom stereocenters. The summed E-state index contributed by atoms with van der Waals surface area (Å²) in [5.74, 6) is 0.826. The minimum atomic E-state index is 0.0390. The average Bonchev–Trinajstić information content (AvgIpc) is 3.20. The average molecular weight is 371 g/mol. The molecule has 27 heavy (non-hydrogen) atoms. The summed E-state index contributed by atoms with van der Waals surface area (Å²) in [5.41, 5.74) is 1.14. The van der Waals surface area contributed by atoms with Crippen LogP contribution in [0.3, 0.4) is 0 Å². The third kappa shape index (κ3) is 3.20. The van der Waals surface area contributed by atoms with E-state index in [1.807, 2.05) is 29.2 Å². The van der Waals surface area contributed by atoms with Crippen LogP contribution in [0.5, 0.6) is 5.75 Å². The Kier molecular flexibility index (Phi) is 4.41. The van der Waals surface area contributed by atoms with Crippen LogP contribution >= 0.6 is 0 Å². The first-order valence-corrected chi connectivity index (χ1v) is 9.79. The first-order chi connectivity index (χ1) is 12.8. The second-order valence-corrected chi connectivity index (χ2v) is 8.98. The van der Waals surface area contributed by atoms with Gasteiger partial charge in [-0.1, -0.05) is 19.9 Å². The molecule has 0 bridgehead atoms. The Balaban J connectivity index is 1.37. The van der Waals surface area contributed by atoms with E-state index in [2.05, 4.69) is 25.8 Å². The molecule has 3 aliphatic heterocycles. The summed E-state index contributed by atoms with van der Waals surface area (Å²) in [6.45, 7) is 9.01. The lowest BCUT2D eigenvalue weighted by atomic mass is 9.71. The Labute approximate surface area is 161 Å². The van der Waals surface area contributed by atoms with Crippen LogP contribution in [0, 0.1) is 10.8 Å². The van der Waals surface area contributed by atoms with Crippen molar-refractivity contribution in [1.29, 1.82) is 0 Å². The summed E-state index contributed by atoms with van der Waals surface area (Å²) in [4.78, 5) is 30.8. The number of hydrogen-bond donors (Lipinski definition) is 0. The number of rotatable bonds is 4. The van der Waals surface area contributed by atoms with Crippen molar-refractivity contribution in [3.63, 3.8) is 0 Å². The van der Waals surface area contributed by atoms with Gasteiger partial charge < -0.3 is 19.4 Å². The standard InChI is InChI=1S/C21H29N3O3/c1-20-12-22(3)13-21(20,2)15-23(14-20)19(26)11-27-17-7-4-6-16(10-17)24-9-5-8-18(24)25/h4,6-7,10H,5,8-9,11-15H2,1-3H3. The van der Waals surface area contributed by atoms with Crippen molar-refractivity contribution >= 4 is 17.5 Å². The quantitative estimate of drug-likeness (QED) is 0.812. The molecule has 3 heterocycles. The van der Waals surface area contributed by atoms with Crippen LogP contribution in [0.15, 0.2) is 24.3 Å². The van der Waals surface area contributed by atoms with E-state index < -0.39 is 0 Å². The van der Waals surface area contributed by atoms with Gasteiger partial charge in [0.05, 0.1) is 0 Å². The van der Waals surface area contributed by atoms with Gasteiger partial charge in [0.2, 0.25) is 5.91 Å². The molecule has 3 saturated heterocycles. The van der Waals surface area contributed by atoms with Crippen molar-refractivity contribution in [2.24, 2.45) is 10.8 Å². The zero-order valence-corrected chi connectivity index (χ0v) is 16.5. The van der Waals surface area contributed by atoms with Gasteiger partial charge in [-0.25, -0.2) is 0 Å². The number of benzene rings is 1. The van der Waals surface area contributed by atoms with Crippen LogP contribution in [0.1, 0.15) is 26.7 Å². The van der Waals surface area contributed by atoms with Gasteiger partial charge in [-0.2, -0.15) is 0 Å². The molecule has 0 aliphatic carbocycles. The van der Waals surface area contributed by atoms with Gasteiger partial charge in [0.25, 0.3) is 5.91 Å². The molecule has 6 heteroatoms. The predicted octanol–water partition coefficient (Wildman–Crippen LogP) is 1.99. The van der Waals surface area contributed by atoms with Crippen molar-refractivity contribution < 1.29 is 14.3 Å². The lowest BCUT2D eigenvalue weighted by molar-refractivity contribution is -0.133. The topological polar surface area (TPSA) is 53.1 Å². The number of anilines is 1. The van der Waals surface area contributed by atoms with Crippen LogP contribution in [-0.2, 0) is 9.59 Å². The third-order valence-corrected chi connectivity index (χ3v) is 6.69. The molecule has 1 aromatic carbocycles. The Hall–Kier alpha value is -2.08. The molecule has 0 saturated carbocycles. The molecule has 2 amide bonds. The highest BCUT2D eigenvalue weighted by molar-refractivity contribution is 5.95. The fourth-order valence-corrected chi connectivity index (χ4v) is 5.08. The van der Waals surface area contributed by atoms with Gasteiger partial charge in [-0.15, -0.1) is 0 Å². The molecule has 1 aromatic rings. The normalized spacial score (nSPS) is 30.9. The lowest BCUT2D eigenvalue weighted by Crippen LogP contribution is -2.37. The number of carbonyl (C=O) groups is 2. The molecule has 6 nitrogen and oxygen atoms in total. The SMILES string of the molecule is CN1CC2(C)CN(C(=O)COc3cccc(N4CCCC4=O)c3)CC2(C)C1. The highest BCUT2D eigenvalue weighted by atomic mass is 16.5. The fourth-order valence-electron chi connectivity index (χ4n) is 5.08. The van der Waals surface area contributed by atoms with E-state index >= 15 is 0 Å². The fraction of sp³-hybridized carbons (Fsp3) is 0.619. The van der Waals surface area contributed by atoms with Crippen LogP contribution < -0.4 is 9.64 Å². The van der Waals surface area contributed by atoms with Gasteiger partial charge in [0.1, 0.15) is 5.75 Å². The molecule has 0 aromatic heterocycles. The van der Waals surface area contributed by atoms with Crippen molar-refractivity contribution in [2.45, 2.75) is 26.7 Å². The largest absolute Gasteiger partial charge is 0.484 e. The summed E-state index contributed by atoms with van der Waals surface area (Å²) in [6, 6.07) is 7.48. The number of fused-ring (bicyclic) bond motifs is 1. The van der Waals surface area contributed by atoms with Crippen LogP contribution in [-0.4, -0.2) is 68.0 Å². The zero-order valence-electron chi connectivity index (χ0n) is 16.5. The molecule has 3 aliphatic rings. The van der Waals surface area contributed by atoms with Gasteiger partial charge in [0, 0.05) is 61.7 Å². The maximum Gasteiger partial charge on any atom is 0.260 e.